The number of benzene rings is 1. The van der Waals surface area contributed by atoms with Crippen LogP contribution in [0.1, 0.15) is 31.2 Å². The Morgan fingerprint density at radius 3 is 2.68 bits per heavy atom. The number of amides is 1. The maximum atomic E-state index is 12.0. The fourth-order valence-corrected chi connectivity index (χ4v) is 3.02. The molecule has 2 unspecified atom stereocenters. The number of carboxylic acids is 1. The second kappa shape index (κ2) is 7.26. The minimum atomic E-state index is -0.930. The van der Waals surface area contributed by atoms with Gasteiger partial charge in [0, 0.05) is 0 Å². The molecule has 1 aliphatic carbocycles. The minimum absolute atomic E-state index is 0.107. The molecule has 1 saturated carbocycles. The van der Waals surface area contributed by atoms with Crippen LogP contribution in [0.3, 0.4) is 0 Å². The Labute approximate surface area is 129 Å². The number of nitrogens with one attached hydrogen (secondary N) is 1. The number of carbonyl (C=O) groups is 2. The first-order chi connectivity index (χ1) is 10.5. The molecule has 0 spiro atoms. The van der Waals surface area contributed by atoms with E-state index in [-0.39, 0.29) is 18.9 Å². The molecule has 1 amide bonds. The molecule has 0 aromatic heterocycles. The monoisotopic (exact) mass is 306 g/mol. The first kappa shape index (κ1) is 16.3. The van der Waals surface area contributed by atoms with E-state index in [4.69, 9.17) is 15.6 Å². The lowest BCUT2D eigenvalue weighted by Gasteiger charge is -2.28. The Hall–Kier alpha value is -2.08. The zero-order valence-corrected chi connectivity index (χ0v) is 12.5. The normalized spacial score (nSPS) is 24.0. The van der Waals surface area contributed by atoms with Gasteiger partial charge >= 0.3 is 12.1 Å². The average Bonchev–Trinajstić information content (AvgIpc) is 2.88. The number of hydrogen-bond acceptors (Lipinski definition) is 4. The summed E-state index contributed by atoms with van der Waals surface area (Å²) in [7, 11) is 0. The molecule has 1 fully saturated rings. The molecule has 22 heavy (non-hydrogen) atoms. The molecule has 0 radical (unpaired) electrons. The molecule has 1 aliphatic rings. The summed E-state index contributed by atoms with van der Waals surface area (Å²) in [6.07, 6.45) is 1.33. The topological polar surface area (TPSA) is 102 Å². The lowest BCUT2D eigenvalue weighted by atomic mass is 9.92. The van der Waals surface area contributed by atoms with E-state index in [0.717, 1.165) is 12.0 Å². The third-order valence-corrected chi connectivity index (χ3v) is 4.11. The van der Waals surface area contributed by atoms with Crippen molar-refractivity contribution >= 4 is 12.1 Å². The van der Waals surface area contributed by atoms with Crippen molar-refractivity contribution in [3.05, 3.63) is 35.9 Å². The van der Waals surface area contributed by atoms with Crippen LogP contribution in [0.4, 0.5) is 4.79 Å². The van der Waals surface area contributed by atoms with Crippen molar-refractivity contribution in [1.29, 1.82) is 0 Å². The molecule has 120 valence electrons. The highest BCUT2D eigenvalue weighted by Crippen LogP contribution is 2.36. The molecule has 6 nitrogen and oxygen atoms in total. The van der Waals surface area contributed by atoms with Gasteiger partial charge in [0.25, 0.3) is 0 Å². The Kier molecular flexibility index (Phi) is 5.38. The van der Waals surface area contributed by atoms with Crippen molar-refractivity contribution in [3.8, 4) is 0 Å². The molecule has 0 heterocycles. The standard InChI is InChI=1S/C16H22N2O4/c17-10-13-6-7-16(8-13,9-14(19)20)18-15(21)22-11-12-4-2-1-3-5-12/h1-5,13H,6-11,17H2,(H,18,21)(H,19,20). The zero-order chi connectivity index (χ0) is 16.0. The van der Waals surface area contributed by atoms with Crippen LogP contribution in [-0.4, -0.2) is 29.3 Å². The summed E-state index contributed by atoms with van der Waals surface area (Å²) in [5.74, 6) is -0.685. The quantitative estimate of drug-likeness (QED) is 0.745. The van der Waals surface area contributed by atoms with Crippen molar-refractivity contribution in [2.24, 2.45) is 11.7 Å². The molecule has 2 atom stereocenters. The van der Waals surface area contributed by atoms with E-state index in [1.807, 2.05) is 30.3 Å². The van der Waals surface area contributed by atoms with Crippen LogP contribution in [0.2, 0.25) is 0 Å². The van der Waals surface area contributed by atoms with Gasteiger partial charge in [-0.15, -0.1) is 0 Å². The second-order valence-electron chi connectivity index (χ2n) is 5.88. The van der Waals surface area contributed by atoms with Crippen LogP contribution in [-0.2, 0) is 16.1 Å². The Balaban J connectivity index is 1.92. The van der Waals surface area contributed by atoms with Crippen molar-refractivity contribution in [3.63, 3.8) is 0 Å². The molecule has 2 rings (SSSR count). The Morgan fingerprint density at radius 1 is 1.36 bits per heavy atom. The van der Waals surface area contributed by atoms with Crippen LogP contribution >= 0.6 is 0 Å². The predicted molar refractivity (Wildman–Crippen MR) is 81.1 cm³/mol. The second-order valence-corrected chi connectivity index (χ2v) is 5.88. The molecule has 4 N–H and O–H groups in total. The number of aliphatic carboxylic acids is 1. The largest absolute Gasteiger partial charge is 0.481 e. The average molecular weight is 306 g/mol. The van der Waals surface area contributed by atoms with Gasteiger partial charge in [0.15, 0.2) is 0 Å². The fraction of sp³-hybridized carbons (Fsp3) is 0.500. The van der Waals surface area contributed by atoms with Crippen LogP contribution in [0, 0.1) is 5.92 Å². The number of ether oxygens (including phenoxy) is 1. The van der Waals surface area contributed by atoms with Gasteiger partial charge in [0.1, 0.15) is 6.61 Å². The van der Waals surface area contributed by atoms with Gasteiger partial charge in [-0.25, -0.2) is 4.79 Å². The molecule has 1 aromatic rings. The first-order valence-corrected chi connectivity index (χ1v) is 7.44. The highest BCUT2D eigenvalue weighted by atomic mass is 16.5. The van der Waals surface area contributed by atoms with Gasteiger partial charge in [-0.1, -0.05) is 30.3 Å². The van der Waals surface area contributed by atoms with E-state index < -0.39 is 17.6 Å². The molecule has 0 aliphatic heterocycles. The van der Waals surface area contributed by atoms with Crippen molar-refractivity contribution in [1.82, 2.24) is 5.32 Å². The third kappa shape index (κ3) is 4.46. The summed E-state index contributed by atoms with van der Waals surface area (Å²) >= 11 is 0. The molecule has 0 bridgehead atoms. The third-order valence-electron chi connectivity index (χ3n) is 4.11. The summed E-state index contributed by atoms with van der Waals surface area (Å²) < 4.78 is 5.19. The van der Waals surface area contributed by atoms with Crippen LogP contribution in [0.5, 0.6) is 0 Å². The highest BCUT2D eigenvalue weighted by molar-refractivity contribution is 5.72. The van der Waals surface area contributed by atoms with Crippen molar-refractivity contribution in [2.75, 3.05) is 6.54 Å². The van der Waals surface area contributed by atoms with Crippen LogP contribution in [0.25, 0.3) is 0 Å². The van der Waals surface area contributed by atoms with E-state index in [9.17, 15) is 9.59 Å². The van der Waals surface area contributed by atoms with E-state index in [1.54, 1.807) is 0 Å². The van der Waals surface area contributed by atoms with Crippen LogP contribution in [0.15, 0.2) is 30.3 Å². The summed E-state index contributed by atoms with van der Waals surface area (Å²) in [4.78, 5) is 23.1. The van der Waals surface area contributed by atoms with Crippen molar-refractivity contribution in [2.45, 2.75) is 37.8 Å². The summed E-state index contributed by atoms with van der Waals surface area (Å²) in [6, 6.07) is 9.34. The number of carboxylic acid groups (broad SMARTS) is 1. The maximum absolute atomic E-state index is 12.0. The smallest absolute Gasteiger partial charge is 0.407 e. The van der Waals surface area contributed by atoms with E-state index in [0.29, 0.717) is 19.4 Å². The van der Waals surface area contributed by atoms with E-state index in [1.165, 1.54) is 0 Å². The lowest BCUT2D eigenvalue weighted by molar-refractivity contribution is -0.138. The highest BCUT2D eigenvalue weighted by Gasteiger charge is 2.42. The Bertz CT molecular complexity index is 520. The van der Waals surface area contributed by atoms with Gasteiger partial charge in [-0.05, 0) is 37.3 Å². The molecule has 1 aromatic carbocycles. The number of hydrogen-bond donors (Lipinski definition) is 3. The summed E-state index contributed by atoms with van der Waals surface area (Å²) in [5, 5.41) is 11.9. The van der Waals surface area contributed by atoms with Gasteiger partial charge in [0.2, 0.25) is 0 Å². The van der Waals surface area contributed by atoms with Crippen molar-refractivity contribution < 1.29 is 19.4 Å². The number of carbonyl (C=O) groups excluding carboxylic acids is 1. The molecule has 6 heteroatoms. The lowest BCUT2D eigenvalue weighted by Crippen LogP contribution is -2.48. The first-order valence-electron chi connectivity index (χ1n) is 7.44. The number of alkyl carbamates (subject to hydrolysis) is 1. The number of rotatable bonds is 6. The zero-order valence-electron chi connectivity index (χ0n) is 12.5. The van der Waals surface area contributed by atoms with Gasteiger partial charge in [-0.2, -0.15) is 0 Å². The molecular weight excluding hydrogens is 284 g/mol. The van der Waals surface area contributed by atoms with E-state index in [2.05, 4.69) is 5.32 Å². The van der Waals surface area contributed by atoms with Gasteiger partial charge < -0.3 is 20.9 Å². The summed E-state index contributed by atoms with van der Waals surface area (Å²) in [6.45, 7) is 0.665. The Morgan fingerprint density at radius 2 is 2.09 bits per heavy atom. The van der Waals surface area contributed by atoms with Crippen LogP contribution < -0.4 is 11.1 Å². The van der Waals surface area contributed by atoms with Gasteiger partial charge in [-0.3, -0.25) is 4.79 Å². The fourth-order valence-electron chi connectivity index (χ4n) is 3.02. The molecule has 0 saturated heterocycles. The van der Waals surface area contributed by atoms with Gasteiger partial charge in [0.05, 0.1) is 12.0 Å². The predicted octanol–water partition coefficient (Wildman–Crippen LogP) is 1.89. The summed E-state index contributed by atoms with van der Waals surface area (Å²) in [5.41, 5.74) is 5.80. The number of nitrogens with two attached hydrogens (primary N) is 1. The molecular formula is C16H22N2O4. The maximum Gasteiger partial charge on any atom is 0.407 e. The van der Waals surface area contributed by atoms with E-state index >= 15 is 0 Å². The minimum Gasteiger partial charge on any atom is -0.481 e. The SMILES string of the molecule is NCC1CCC(CC(=O)O)(NC(=O)OCc2ccccc2)C1.